The first-order valence-electron chi connectivity index (χ1n) is 6.75. The van der Waals surface area contributed by atoms with Gasteiger partial charge in [0.05, 0.1) is 15.7 Å². The van der Waals surface area contributed by atoms with Crippen molar-refractivity contribution in [2.45, 2.75) is 36.3 Å². The van der Waals surface area contributed by atoms with Crippen molar-refractivity contribution in [1.82, 2.24) is 4.90 Å². The van der Waals surface area contributed by atoms with Crippen molar-refractivity contribution in [1.29, 1.82) is 0 Å². The van der Waals surface area contributed by atoms with Crippen LogP contribution in [0.2, 0.25) is 0 Å². The Morgan fingerprint density at radius 2 is 2.00 bits per heavy atom. The molecule has 1 amide bonds. The van der Waals surface area contributed by atoms with Crippen molar-refractivity contribution >= 4 is 38.3 Å². The minimum absolute atomic E-state index is 0.0394. The van der Waals surface area contributed by atoms with E-state index >= 15 is 0 Å². The minimum atomic E-state index is -1.43. The molecule has 1 heterocycles. The van der Waals surface area contributed by atoms with Crippen molar-refractivity contribution in [3.8, 4) is 0 Å². The van der Waals surface area contributed by atoms with Gasteiger partial charge in [-0.15, -0.1) is 0 Å². The lowest BCUT2D eigenvalue weighted by Crippen LogP contribution is -2.42. The number of nitrogen functional groups attached to an aromatic ring is 1. The molecule has 2 rings (SSSR count). The van der Waals surface area contributed by atoms with Gasteiger partial charge in [-0.2, -0.15) is 0 Å². The molecular formula is C14H19BrN2O2S. The number of nitrogens with zero attached hydrogens (tertiary/aromatic N) is 1. The highest BCUT2D eigenvalue weighted by Crippen LogP contribution is 2.24. The SMILES string of the molecule is CC(C(=O)N1CCCCC1)S(=O)c1cc(Br)ccc1N. The molecule has 20 heavy (non-hydrogen) atoms. The number of carbonyl (C=O) groups is 1. The first kappa shape index (κ1) is 15.5. The van der Waals surface area contributed by atoms with Gasteiger partial charge in [0.25, 0.3) is 0 Å². The maximum absolute atomic E-state index is 12.6. The summed E-state index contributed by atoms with van der Waals surface area (Å²) in [4.78, 5) is 14.7. The quantitative estimate of drug-likeness (QED) is 0.844. The van der Waals surface area contributed by atoms with Crippen LogP contribution in [0.1, 0.15) is 26.2 Å². The van der Waals surface area contributed by atoms with E-state index in [1.807, 2.05) is 4.90 Å². The topological polar surface area (TPSA) is 63.4 Å². The number of hydrogen-bond donors (Lipinski definition) is 1. The number of piperidine rings is 1. The lowest BCUT2D eigenvalue weighted by molar-refractivity contribution is -0.131. The summed E-state index contributed by atoms with van der Waals surface area (Å²) in [6, 6.07) is 5.23. The van der Waals surface area contributed by atoms with E-state index in [4.69, 9.17) is 5.73 Å². The molecule has 1 aromatic rings. The molecule has 1 fully saturated rings. The lowest BCUT2D eigenvalue weighted by Gasteiger charge is -2.29. The van der Waals surface area contributed by atoms with Crippen LogP contribution in [0.3, 0.4) is 0 Å². The molecule has 4 nitrogen and oxygen atoms in total. The van der Waals surface area contributed by atoms with Crippen molar-refractivity contribution in [3.63, 3.8) is 0 Å². The van der Waals surface area contributed by atoms with E-state index in [0.717, 1.165) is 30.4 Å². The monoisotopic (exact) mass is 358 g/mol. The van der Waals surface area contributed by atoms with E-state index < -0.39 is 16.0 Å². The largest absolute Gasteiger partial charge is 0.398 e. The summed E-state index contributed by atoms with van der Waals surface area (Å²) < 4.78 is 13.4. The Bertz CT molecular complexity index is 530. The molecule has 6 heteroatoms. The zero-order chi connectivity index (χ0) is 14.7. The molecule has 0 aliphatic carbocycles. The third-order valence-electron chi connectivity index (χ3n) is 3.53. The van der Waals surface area contributed by atoms with Crippen molar-refractivity contribution in [2.75, 3.05) is 18.8 Å². The fourth-order valence-corrected chi connectivity index (χ4v) is 4.11. The summed E-state index contributed by atoms with van der Waals surface area (Å²) in [6.45, 7) is 3.26. The molecule has 1 saturated heterocycles. The number of halogens is 1. The zero-order valence-electron chi connectivity index (χ0n) is 11.5. The molecule has 2 unspecified atom stereocenters. The standard InChI is InChI=1S/C14H19BrN2O2S/c1-10(14(18)17-7-3-2-4-8-17)20(19)13-9-11(15)5-6-12(13)16/h5-6,9-10H,2-4,7-8,16H2,1H3. The lowest BCUT2D eigenvalue weighted by atomic mass is 10.1. The fraction of sp³-hybridized carbons (Fsp3) is 0.500. The van der Waals surface area contributed by atoms with E-state index in [1.54, 1.807) is 25.1 Å². The first-order valence-corrected chi connectivity index (χ1v) is 8.75. The molecular weight excluding hydrogens is 340 g/mol. The van der Waals surface area contributed by atoms with Gasteiger partial charge in [0, 0.05) is 23.2 Å². The first-order chi connectivity index (χ1) is 9.50. The van der Waals surface area contributed by atoms with Crippen molar-refractivity contribution in [2.24, 2.45) is 0 Å². The Hall–Kier alpha value is -0.880. The van der Waals surface area contributed by atoms with Gasteiger partial charge >= 0.3 is 0 Å². The highest BCUT2D eigenvalue weighted by molar-refractivity contribution is 9.10. The molecule has 2 atom stereocenters. The Labute approximate surface area is 130 Å². The number of likely N-dealkylation sites (tertiary alicyclic amines) is 1. The summed E-state index contributed by atoms with van der Waals surface area (Å²) in [7, 11) is -1.43. The molecule has 1 aliphatic heterocycles. The average molecular weight is 359 g/mol. The van der Waals surface area contributed by atoms with Crippen LogP contribution in [0.15, 0.2) is 27.6 Å². The Kier molecular flexibility index (Phi) is 5.21. The van der Waals surface area contributed by atoms with Crippen LogP contribution in [-0.2, 0) is 15.6 Å². The number of carbonyl (C=O) groups excluding carboxylic acids is 1. The molecule has 1 aromatic carbocycles. The maximum Gasteiger partial charge on any atom is 0.238 e. The van der Waals surface area contributed by atoms with Crippen LogP contribution in [0, 0.1) is 0 Å². The van der Waals surface area contributed by atoms with E-state index in [2.05, 4.69) is 15.9 Å². The number of amides is 1. The number of nitrogens with two attached hydrogens (primary N) is 1. The summed E-state index contributed by atoms with van der Waals surface area (Å²) in [6.07, 6.45) is 3.23. The zero-order valence-corrected chi connectivity index (χ0v) is 13.9. The summed E-state index contributed by atoms with van der Waals surface area (Å²) >= 11 is 3.34. The number of hydrogen-bond acceptors (Lipinski definition) is 3. The van der Waals surface area contributed by atoms with Gasteiger partial charge in [-0.3, -0.25) is 9.00 Å². The van der Waals surface area contributed by atoms with Crippen LogP contribution in [0.5, 0.6) is 0 Å². The number of rotatable bonds is 3. The van der Waals surface area contributed by atoms with E-state index in [9.17, 15) is 9.00 Å². The molecule has 0 radical (unpaired) electrons. The molecule has 0 spiro atoms. The Morgan fingerprint density at radius 1 is 1.35 bits per heavy atom. The Morgan fingerprint density at radius 3 is 2.65 bits per heavy atom. The van der Waals surface area contributed by atoms with Gasteiger partial charge in [-0.1, -0.05) is 15.9 Å². The van der Waals surface area contributed by atoms with Crippen LogP contribution in [0.25, 0.3) is 0 Å². The maximum atomic E-state index is 12.6. The third kappa shape index (κ3) is 3.41. The highest BCUT2D eigenvalue weighted by Gasteiger charge is 2.28. The van der Waals surface area contributed by atoms with Crippen LogP contribution in [-0.4, -0.2) is 33.4 Å². The van der Waals surface area contributed by atoms with E-state index in [-0.39, 0.29) is 5.91 Å². The smallest absolute Gasteiger partial charge is 0.238 e. The Balaban J connectivity index is 2.15. The predicted molar refractivity (Wildman–Crippen MR) is 84.9 cm³/mol. The normalized spacial score (nSPS) is 18.6. The number of anilines is 1. The number of benzene rings is 1. The average Bonchev–Trinajstić information content (AvgIpc) is 2.48. The minimum Gasteiger partial charge on any atom is -0.398 e. The van der Waals surface area contributed by atoms with E-state index in [1.165, 1.54) is 6.42 Å². The molecule has 0 saturated carbocycles. The second kappa shape index (κ2) is 6.72. The van der Waals surface area contributed by atoms with Crippen molar-refractivity contribution < 1.29 is 9.00 Å². The van der Waals surface area contributed by atoms with Gasteiger partial charge in [0.1, 0.15) is 5.25 Å². The summed E-state index contributed by atoms with van der Waals surface area (Å²) in [5.41, 5.74) is 6.33. The van der Waals surface area contributed by atoms with Gasteiger partial charge < -0.3 is 10.6 Å². The second-order valence-electron chi connectivity index (χ2n) is 5.01. The molecule has 110 valence electrons. The molecule has 1 aliphatic rings. The molecule has 0 aromatic heterocycles. The van der Waals surface area contributed by atoms with Gasteiger partial charge in [-0.25, -0.2) is 0 Å². The fourth-order valence-electron chi connectivity index (χ4n) is 2.34. The second-order valence-corrected chi connectivity index (χ2v) is 7.67. The third-order valence-corrected chi connectivity index (χ3v) is 5.65. The van der Waals surface area contributed by atoms with E-state index in [0.29, 0.717) is 10.6 Å². The molecule has 0 bridgehead atoms. The van der Waals surface area contributed by atoms with Crippen LogP contribution >= 0.6 is 15.9 Å². The van der Waals surface area contributed by atoms with Crippen molar-refractivity contribution in [3.05, 3.63) is 22.7 Å². The highest BCUT2D eigenvalue weighted by atomic mass is 79.9. The summed E-state index contributed by atoms with van der Waals surface area (Å²) in [5, 5.41) is -0.565. The summed E-state index contributed by atoms with van der Waals surface area (Å²) in [5.74, 6) is -0.0394. The van der Waals surface area contributed by atoms with Gasteiger partial charge in [-0.05, 0) is 44.4 Å². The van der Waals surface area contributed by atoms with Crippen LogP contribution in [0.4, 0.5) is 5.69 Å². The van der Waals surface area contributed by atoms with Gasteiger partial charge in [0.15, 0.2) is 0 Å². The molecule has 2 N–H and O–H groups in total. The predicted octanol–water partition coefficient (Wildman–Crippen LogP) is 2.54. The van der Waals surface area contributed by atoms with Gasteiger partial charge in [0.2, 0.25) is 5.91 Å². The van der Waals surface area contributed by atoms with Crippen LogP contribution < -0.4 is 5.73 Å².